The Balaban J connectivity index is 1.47. The molecule has 0 spiro atoms. The van der Waals surface area contributed by atoms with Crippen LogP contribution in [0.5, 0.6) is 0 Å². The summed E-state index contributed by atoms with van der Waals surface area (Å²) in [7, 11) is 0. The van der Waals surface area contributed by atoms with Gasteiger partial charge in [-0.25, -0.2) is 0 Å². The molecule has 3 aliphatic rings. The molecule has 1 aromatic heterocycles. The van der Waals surface area contributed by atoms with Crippen molar-refractivity contribution in [1.82, 2.24) is 15.5 Å². The van der Waals surface area contributed by atoms with Gasteiger partial charge in [-0.05, 0) is 38.5 Å². The largest absolute Gasteiger partial charge is 0.378 e. The number of carbonyl (C=O) groups is 1. The molecule has 0 unspecified atom stereocenters. The molecular formula is C14H19N3O2. The fourth-order valence-electron chi connectivity index (χ4n) is 3.67. The van der Waals surface area contributed by atoms with Gasteiger partial charge in [0.25, 0.3) is 5.91 Å². The van der Waals surface area contributed by atoms with Gasteiger partial charge in [-0.15, -0.1) is 0 Å². The summed E-state index contributed by atoms with van der Waals surface area (Å²) < 4.78 is 5.57. The minimum absolute atomic E-state index is 0.00486. The zero-order valence-electron chi connectivity index (χ0n) is 10.9. The van der Waals surface area contributed by atoms with E-state index in [1.165, 1.54) is 6.42 Å². The third-order valence-electron chi connectivity index (χ3n) is 4.85. The first kappa shape index (κ1) is 11.5. The van der Waals surface area contributed by atoms with Crippen molar-refractivity contribution in [3.63, 3.8) is 0 Å². The first-order chi connectivity index (χ1) is 9.33. The highest BCUT2D eigenvalue weighted by Crippen LogP contribution is 2.38. The SMILES string of the molecule is O=C(N[C@H]1C[C@@H]2OCC[C@H]12)c1n[nH]c2c1CCCC2. The van der Waals surface area contributed by atoms with Crippen molar-refractivity contribution in [1.29, 1.82) is 0 Å². The number of rotatable bonds is 2. The number of nitrogens with one attached hydrogen (secondary N) is 2. The number of H-pyrrole nitrogens is 1. The van der Waals surface area contributed by atoms with Crippen LogP contribution in [0.3, 0.4) is 0 Å². The molecule has 19 heavy (non-hydrogen) atoms. The fourth-order valence-corrected chi connectivity index (χ4v) is 3.67. The standard InChI is InChI=1S/C14H19N3O2/c18-14(15-11-7-12-8(11)5-6-19-12)13-9-3-1-2-4-10(9)16-17-13/h8,11-12H,1-7H2,(H,15,18)(H,16,17)/t8-,11+,12+/m1/s1. The second-order valence-corrected chi connectivity index (χ2v) is 5.91. The Bertz CT molecular complexity index is 511. The molecule has 3 atom stereocenters. The van der Waals surface area contributed by atoms with Crippen molar-refractivity contribution in [2.45, 2.75) is 50.7 Å². The lowest BCUT2D eigenvalue weighted by Crippen LogP contribution is -2.53. The molecule has 5 heteroatoms. The molecule has 1 amide bonds. The van der Waals surface area contributed by atoms with E-state index in [0.717, 1.165) is 50.0 Å². The van der Waals surface area contributed by atoms with Gasteiger partial charge in [-0.3, -0.25) is 9.89 Å². The molecule has 4 rings (SSSR count). The Kier molecular flexibility index (Phi) is 2.62. The minimum Gasteiger partial charge on any atom is -0.378 e. The first-order valence-corrected chi connectivity index (χ1v) is 7.31. The summed E-state index contributed by atoms with van der Waals surface area (Å²) in [6, 6.07) is 0.288. The number of aromatic nitrogens is 2. The van der Waals surface area contributed by atoms with E-state index in [2.05, 4.69) is 15.5 Å². The van der Waals surface area contributed by atoms with Gasteiger partial charge >= 0.3 is 0 Å². The molecule has 1 saturated heterocycles. The third-order valence-corrected chi connectivity index (χ3v) is 4.85. The van der Waals surface area contributed by atoms with Gasteiger partial charge in [0.05, 0.1) is 6.10 Å². The highest BCUT2D eigenvalue weighted by atomic mass is 16.5. The minimum atomic E-state index is -0.00486. The Morgan fingerprint density at radius 2 is 2.26 bits per heavy atom. The molecule has 2 N–H and O–H groups in total. The van der Waals surface area contributed by atoms with E-state index < -0.39 is 0 Å². The number of hydrogen-bond donors (Lipinski definition) is 2. The zero-order chi connectivity index (χ0) is 12.8. The van der Waals surface area contributed by atoms with E-state index in [0.29, 0.717) is 17.7 Å². The van der Waals surface area contributed by atoms with Crippen molar-refractivity contribution in [3.05, 3.63) is 17.0 Å². The van der Waals surface area contributed by atoms with E-state index in [1.54, 1.807) is 0 Å². The highest BCUT2D eigenvalue weighted by Gasteiger charge is 2.46. The van der Waals surface area contributed by atoms with Crippen LogP contribution in [0, 0.1) is 5.92 Å². The maximum Gasteiger partial charge on any atom is 0.272 e. The second kappa shape index (κ2) is 4.34. The van der Waals surface area contributed by atoms with E-state index in [9.17, 15) is 4.79 Å². The maximum absolute atomic E-state index is 12.3. The molecule has 1 aromatic rings. The monoisotopic (exact) mass is 261 g/mol. The number of aryl methyl sites for hydroxylation is 1. The van der Waals surface area contributed by atoms with Crippen LogP contribution in [0.15, 0.2) is 0 Å². The molecular weight excluding hydrogens is 242 g/mol. The van der Waals surface area contributed by atoms with E-state index >= 15 is 0 Å². The van der Waals surface area contributed by atoms with Crippen molar-refractivity contribution in [2.24, 2.45) is 5.92 Å². The Morgan fingerprint density at radius 3 is 3.16 bits per heavy atom. The van der Waals surface area contributed by atoms with Gasteiger partial charge in [-0.2, -0.15) is 5.10 Å². The Labute approximate surface area is 112 Å². The molecule has 102 valence electrons. The van der Waals surface area contributed by atoms with Crippen molar-refractivity contribution in [3.8, 4) is 0 Å². The van der Waals surface area contributed by atoms with Crippen LogP contribution in [0.25, 0.3) is 0 Å². The summed E-state index contributed by atoms with van der Waals surface area (Å²) in [6.07, 6.45) is 6.79. The molecule has 1 aliphatic heterocycles. The van der Waals surface area contributed by atoms with Gasteiger partial charge in [0, 0.05) is 29.8 Å². The lowest BCUT2D eigenvalue weighted by molar-refractivity contribution is 0.00801. The lowest BCUT2D eigenvalue weighted by Gasteiger charge is -2.39. The van der Waals surface area contributed by atoms with Gasteiger partial charge < -0.3 is 10.1 Å². The van der Waals surface area contributed by atoms with Gasteiger partial charge in [0.2, 0.25) is 0 Å². The zero-order valence-corrected chi connectivity index (χ0v) is 10.9. The molecule has 2 aliphatic carbocycles. The van der Waals surface area contributed by atoms with Gasteiger partial charge in [0.1, 0.15) is 0 Å². The maximum atomic E-state index is 12.3. The number of carbonyl (C=O) groups excluding carboxylic acids is 1. The van der Waals surface area contributed by atoms with Crippen molar-refractivity contribution >= 4 is 5.91 Å². The number of fused-ring (bicyclic) bond motifs is 2. The van der Waals surface area contributed by atoms with Crippen molar-refractivity contribution < 1.29 is 9.53 Å². The predicted molar refractivity (Wildman–Crippen MR) is 68.9 cm³/mol. The van der Waals surface area contributed by atoms with Crippen LogP contribution in [-0.2, 0) is 17.6 Å². The summed E-state index contributed by atoms with van der Waals surface area (Å²) in [5, 5.41) is 10.4. The predicted octanol–water partition coefficient (Wildman–Crippen LogP) is 1.20. The number of hydrogen-bond acceptors (Lipinski definition) is 3. The smallest absolute Gasteiger partial charge is 0.272 e. The molecule has 1 saturated carbocycles. The number of ether oxygens (including phenoxy) is 1. The summed E-state index contributed by atoms with van der Waals surface area (Å²) in [5.74, 6) is 0.522. The molecule has 2 heterocycles. The summed E-state index contributed by atoms with van der Waals surface area (Å²) in [6.45, 7) is 0.847. The van der Waals surface area contributed by atoms with Crippen LogP contribution >= 0.6 is 0 Å². The topological polar surface area (TPSA) is 67.0 Å². The number of nitrogens with zero attached hydrogens (tertiary/aromatic N) is 1. The average Bonchev–Trinajstić information content (AvgIpc) is 2.99. The van der Waals surface area contributed by atoms with Crippen LogP contribution in [0.1, 0.15) is 47.4 Å². The van der Waals surface area contributed by atoms with E-state index in [1.807, 2.05) is 0 Å². The third kappa shape index (κ3) is 1.79. The number of amides is 1. The van der Waals surface area contributed by atoms with Gasteiger partial charge in [0.15, 0.2) is 5.69 Å². The second-order valence-electron chi connectivity index (χ2n) is 5.91. The Morgan fingerprint density at radius 1 is 1.37 bits per heavy atom. The first-order valence-electron chi connectivity index (χ1n) is 7.31. The quantitative estimate of drug-likeness (QED) is 0.840. The summed E-state index contributed by atoms with van der Waals surface area (Å²) >= 11 is 0. The fraction of sp³-hybridized carbons (Fsp3) is 0.714. The molecule has 0 aromatic carbocycles. The molecule has 2 fully saturated rings. The van der Waals surface area contributed by atoms with E-state index in [4.69, 9.17) is 4.74 Å². The van der Waals surface area contributed by atoms with E-state index in [-0.39, 0.29) is 11.9 Å². The van der Waals surface area contributed by atoms with Crippen LogP contribution < -0.4 is 5.32 Å². The van der Waals surface area contributed by atoms with Crippen molar-refractivity contribution in [2.75, 3.05) is 6.61 Å². The lowest BCUT2D eigenvalue weighted by atomic mass is 9.76. The molecule has 0 radical (unpaired) electrons. The van der Waals surface area contributed by atoms with Crippen LogP contribution in [-0.4, -0.2) is 34.9 Å². The number of aromatic amines is 1. The van der Waals surface area contributed by atoms with Gasteiger partial charge in [-0.1, -0.05) is 0 Å². The summed E-state index contributed by atoms with van der Waals surface area (Å²) in [4.78, 5) is 12.3. The van der Waals surface area contributed by atoms with Crippen LogP contribution in [0.4, 0.5) is 0 Å². The average molecular weight is 261 g/mol. The van der Waals surface area contributed by atoms with Crippen LogP contribution in [0.2, 0.25) is 0 Å². The Hall–Kier alpha value is -1.36. The molecule has 0 bridgehead atoms. The normalized spacial score (nSPS) is 32.3. The molecule has 5 nitrogen and oxygen atoms in total. The summed E-state index contributed by atoms with van der Waals surface area (Å²) in [5.41, 5.74) is 2.92. The highest BCUT2D eigenvalue weighted by molar-refractivity contribution is 5.94.